The van der Waals surface area contributed by atoms with Gasteiger partial charge in [-0.05, 0) is 23.3 Å². The average molecular weight is 374 g/mol. The van der Waals surface area contributed by atoms with Crippen molar-refractivity contribution in [2.75, 3.05) is 14.2 Å². The molecule has 2 aromatic carbocycles. The number of fused-ring (bicyclic) bond motifs is 1. The Bertz CT molecular complexity index is 1070. The molecule has 0 unspecified atom stereocenters. The molecule has 0 spiro atoms. The summed E-state index contributed by atoms with van der Waals surface area (Å²) in [5, 5.41) is 17.1. The molecule has 0 saturated carbocycles. The van der Waals surface area contributed by atoms with Crippen LogP contribution in [-0.4, -0.2) is 24.4 Å². The minimum Gasteiger partial charge on any atom is -0.497 e. The number of nitrogens with two attached hydrogens (primary N) is 1. The zero-order valence-corrected chi connectivity index (χ0v) is 15.4. The summed E-state index contributed by atoms with van der Waals surface area (Å²) in [4.78, 5) is 0. The number of benzene rings is 2. The van der Waals surface area contributed by atoms with Gasteiger partial charge in [0.15, 0.2) is 0 Å². The monoisotopic (exact) mass is 374 g/mol. The second kappa shape index (κ2) is 7.00. The maximum absolute atomic E-state index is 9.81. The number of methoxy groups -OCH3 is 2. The van der Waals surface area contributed by atoms with Crippen molar-refractivity contribution in [3.63, 3.8) is 0 Å². The molecule has 2 heterocycles. The molecule has 1 aromatic heterocycles. The summed E-state index contributed by atoms with van der Waals surface area (Å²) in [6.45, 7) is 0. The van der Waals surface area contributed by atoms with Crippen molar-refractivity contribution in [1.82, 2.24) is 10.2 Å². The average Bonchev–Trinajstić information content (AvgIpc) is 3.16. The summed E-state index contributed by atoms with van der Waals surface area (Å²) in [7, 11) is 3.16. The first-order valence-corrected chi connectivity index (χ1v) is 8.60. The molecular formula is C21H18N4O3. The first-order valence-electron chi connectivity index (χ1n) is 8.60. The highest BCUT2D eigenvalue weighted by Crippen LogP contribution is 2.46. The lowest BCUT2D eigenvalue weighted by molar-refractivity contribution is 0.377. The smallest absolute Gasteiger partial charge is 0.244 e. The van der Waals surface area contributed by atoms with Crippen molar-refractivity contribution >= 4 is 0 Å². The van der Waals surface area contributed by atoms with Crippen LogP contribution in [0.2, 0.25) is 0 Å². The van der Waals surface area contributed by atoms with Crippen LogP contribution in [0.25, 0.3) is 11.3 Å². The number of allylic oxidation sites excluding steroid dienone is 1. The lowest BCUT2D eigenvalue weighted by Crippen LogP contribution is -2.21. The van der Waals surface area contributed by atoms with Crippen molar-refractivity contribution in [1.29, 1.82) is 5.26 Å². The molecular weight excluding hydrogens is 356 g/mol. The molecule has 0 radical (unpaired) electrons. The quantitative estimate of drug-likeness (QED) is 0.726. The van der Waals surface area contributed by atoms with Gasteiger partial charge in [-0.25, -0.2) is 0 Å². The minimum atomic E-state index is -0.480. The topological polar surface area (TPSA) is 106 Å². The lowest BCUT2D eigenvalue weighted by Gasteiger charge is -2.24. The van der Waals surface area contributed by atoms with Crippen molar-refractivity contribution < 1.29 is 14.2 Å². The Balaban J connectivity index is 1.97. The van der Waals surface area contributed by atoms with Crippen LogP contribution in [-0.2, 0) is 0 Å². The fourth-order valence-electron chi connectivity index (χ4n) is 3.40. The maximum Gasteiger partial charge on any atom is 0.244 e. The summed E-state index contributed by atoms with van der Waals surface area (Å²) in [6.07, 6.45) is 0. The van der Waals surface area contributed by atoms with Crippen LogP contribution in [0, 0.1) is 11.3 Å². The summed E-state index contributed by atoms with van der Waals surface area (Å²) < 4.78 is 16.4. The number of aromatic nitrogens is 2. The molecule has 0 aliphatic carbocycles. The Morgan fingerprint density at radius 2 is 1.79 bits per heavy atom. The van der Waals surface area contributed by atoms with E-state index in [1.165, 1.54) is 0 Å². The van der Waals surface area contributed by atoms with E-state index >= 15 is 0 Å². The molecule has 1 aliphatic heterocycles. The molecule has 0 fully saturated rings. The van der Waals surface area contributed by atoms with Gasteiger partial charge < -0.3 is 19.9 Å². The van der Waals surface area contributed by atoms with Crippen molar-refractivity contribution in [2.24, 2.45) is 5.73 Å². The number of aromatic amines is 1. The van der Waals surface area contributed by atoms with Crippen molar-refractivity contribution in [3.8, 4) is 34.7 Å². The van der Waals surface area contributed by atoms with Crippen LogP contribution in [0.3, 0.4) is 0 Å². The fourth-order valence-corrected chi connectivity index (χ4v) is 3.40. The van der Waals surface area contributed by atoms with E-state index in [1.807, 2.05) is 42.5 Å². The highest BCUT2D eigenvalue weighted by atomic mass is 16.5. The number of ether oxygens (including phenoxy) is 3. The summed E-state index contributed by atoms with van der Waals surface area (Å²) in [5.41, 5.74) is 9.57. The molecule has 4 rings (SSSR count). The number of hydrogen-bond donors (Lipinski definition) is 2. The summed E-state index contributed by atoms with van der Waals surface area (Å²) in [6, 6.07) is 17.4. The molecule has 1 atom stereocenters. The molecule has 1 aliphatic rings. The van der Waals surface area contributed by atoms with Gasteiger partial charge in [0.2, 0.25) is 11.8 Å². The summed E-state index contributed by atoms with van der Waals surface area (Å²) in [5.74, 6) is 1.13. The summed E-state index contributed by atoms with van der Waals surface area (Å²) >= 11 is 0. The first-order chi connectivity index (χ1) is 13.7. The van der Waals surface area contributed by atoms with E-state index in [0.29, 0.717) is 23.0 Å². The SMILES string of the molecule is COc1cc(OC)cc([C@@H]2C(C#N)=C(N)Oc3n[nH]c(-c4ccccc4)c32)c1. The number of nitriles is 1. The Hall–Kier alpha value is -3.92. The Morgan fingerprint density at radius 3 is 2.39 bits per heavy atom. The normalized spacial score (nSPS) is 15.4. The van der Waals surface area contributed by atoms with Crippen LogP contribution in [0.15, 0.2) is 60.0 Å². The molecule has 0 bridgehead atoms. The van der Waals surface area contributed by atoms with Crippen LogP contribution < -0.4 is 19.9 Å². The number of H-pyrrole nitrogens is 1. The van der Waals surface area contributed by atoms with E-state index in [2.05, 4.69) is 16.3 Å². The van der Waals surface area contributed by atoms with E-state index in [9.17, 15) is 5.26 Å². The highest BCUT2D eigenvalue weighted by molar-refractivity contribution is 5.71. The van der Waals surface area contributed by atoms with Crippen LogP contribution in [0.1, 0.15) is 17.0 Å². The van der Waals surface area contributed by atoms with Gasteiger partial charge in [-0.2, -0.15) is 5.26 Å². The van der Waals surface area contributed by atoms with E-state index in [1.54, 1.807) is 20.3 Å². The van der Waals surface area contributed by atoms with Gasteiger partial charge in [0.25, 0.3) is 0 Å². The van der Waals surface area contributed by atoms with Gasteiger partial charge in [0.1, 0.15) is 23.1 Å². The molecule has 3 N–H and O–H groups in total. The number of rotatable bonds is 4. The first kappa shape index (κ1) is 17.5. The molecule has 7 nitrogen and oxygen atoms in total. The second-order valence-corrected chi connectivity index (χ2v) is 6.25. The molecule has 28 heavy (non-hydrogen) atoms. The van der Waals surface area contributed by atoms with Crippen LogP contribution in [0.5, 0.6) is 17.4 Å². The highest BCUT2D eigenvalue weighted by Gasteiger charge is 2.36. The van der Waals surface area contributed by atoms with E-state index < -0.39 is 5.92 Å². The van der Waals surface area contributed by atoms with Gasteiger partial charge in [0, 0.05) is 6.07 Å². The molecule has 0 saturated heterocycles. The third-order valence-electron chi connectivity index (χ3n) is 4.71. The molecule has 0 amide bonds. The molecule has 140 valence electrons. The third kappa shape index (κ3) is 2.81. The Labute approximate surface area is 162 Å². The van der Waals surface area contributed by atoms with Gasteiger partial charge in [-0.15, -0.1) is 5.10 Å². The number of hydrogen-bond acceptors (Lipinski definition) is 6. The predicted octanol–water partition coefficient (Wildman–Crippen LogP) is 3.31. The Kier molecular flexibility index (Phi) is 4.38. The standard InChI is InChI=1S/C21H18N4O3/c1-26-14-8-13(9-15(10-14)27-2)17-16(11-22)20(23)28-21-18(17)19(24-25-21)12-6-4-3-5-7-12/h3-10,17H,23H2,1-2H3,(H,24,25)/t17-/m1/s1. The van der Waals surface area contributed by atoms with Crippen molar-refractivity contribution in [3.05, 3.63) is 71.1 Å². The fraction of sp³-hybridized carbons (Fsp3) is 0.143. The van der Waals surface area contributed by atoms with Crippen LogP contribution in [0.4, 0.5) is 0 Å². The molecule has 3 aromatic rings. The zero-order valence-electron chi connectivity index (χ0n) is 15.4. The van der Waals surface area contributed by atoms with Gasteiger partial charge in [-0.3, -0.25) is 5.10 Å². The van der Waals surface area contributed by atoms with E-state index in [4.69, 9.17) is 19.9 Å². The minimum absolute atomic E-state index is 0.0351. The van der Waals surface area contributed by atoms with E-state index in [0.717, 1.165) is 22.4 Å². The Morgan fingerprint density at radius 1 is 1.11 bits per heavy atom. The molecule has 7 heteroatoms. The number of nitrogens with one attached hydrogen (secondary N) is 1. The lowest BCUT2D eigenvalue weighted by atomic mass is 9.83. The second-order valence-electron chi connectivity index (χ2n) is 6.25. The third-order valence-corrected chi connectivity index (χ3v) is 4.71. The van der Waals surface area contributed by atoms with Gasteiger partial charge in [-0.1, -0.05) is 30.3 Å². The maximum atomic E-state index is 9.81. The number of nitrogens with zero attached hydrogens (tertiary/aromatic N) is 2. The van der Waals surface area contributed by atoms with Crippen LogP contribution >= 0.6 is 0 Å². The van der Waals surface area contributed by atoms with Crippen molar-refractivity contribution in [2.45, 2.75) is 5.92 Å². The largest absolute Gasteiger partial charge is 0.497 e. The zero-order chi connectivity index (χ0) is 19.7. The van der Waals surface area contributed by atoms with Gasteiger partial charge >= 0.3 is 0 Å². The van der Waals surface area contributed by atoms with E-state index in [-0.39, 0.29) is 5.88 Å². The van der Waals surface area contributed by atoms with Gasteiger partial charge in [0.05, 0.1) is 31.4 Å². The predicted molar refractivity (Wildman–Crippen MR) is 103 cm³/mol.